The van der Waals surface area contributed by atoms with Crippen molar-refractivity contribution in [2.45, 2.75) is 0 Å². The zero-order valence-corrected chi connectivity index (χ0v) is 13.8. The number of aromatic amines is 1. The lowest BCUT2D eigenvalue weighted by Crippen LogP contribution is -2.35. The van der Waals surface area contributed by atoms with Gasteiger partial charge in [-0.05, 0) is 12.1 Å². The highest BCUT2D eigenvalue weighted by Gasteiger charge is 2.20. The van der Waals surface area contributed by atoms with Crippen LogP contribution in [0.4, 0.5) is 4.39 Å². The van der Waals surface area contributed by atoms with Gasteiger partial charge >= 0.3 is 0 Å². The molecule has 0 aliphatic heterocycles. The molecule has 0 radical (unpaired) electrons. The summed E-state index contributed by atoms with van der Waals surface area (Å²) in [5.74, 6) is -2.44. The first kappa shape index (κ1) is 17.7. The summed E-state index contributed by atoms with van der Waals surface area (Å²) in [4.78, 5) is 17.8. The summed E-state index contributed by atoms with van der Waals surface area (Å²) in [5, 5.41) is 7.82. The molecule has 3 N–H and O–H groups in total. The first-order valence-corrected chi connectivity index (χ1v) is 8.60. The van der Waals surface area contributed by atoms with E-state index < -0.39 is 27.5 Å². The first-order valence-electron chi connectivity index (χ1n) is 6.30. The van der Waals surface area contributed by atoms with E-state index in [0.29, 0.717) is 0 Å². The van der Waals surface area contributed by atoms with Crippen molar-refractivity contribution in [3.63, 3.8) is 0 Å². The zero-order valence-electron chi connectivity index (χ0n) is 12.2. The van der Waals surface area contributed by atoms with E-state index >= 15 is 0 Å². The Morgan fingerprint density at radius 3 is 2.75 bits per heavy atom. The molecular formula is C13H11FN4O4S2. The van der Waals surface area contributed by atoms with Crippen LogP contribution in [0.5, 0.6) is 11.6 Å². The molecule has 0 unspecified atom stereocenters. The second kappa shape index (κ2) is 6.84. The van der Waals surface area contributed by atoms with Crippen molar-refractivity contribution >= 4 is 33.9 Å². The number of para-hydroxylation sites is 1. The van der Waals surface area contributed by atoms with E-state index in [1.165, 1.54) is 24.3 Å². The number of aromatic nitrogens is 2. The maximum absolute atomic E-state index is 13.9. The molecule has 0 saturated carbocycles. The first-order chi connectivity index (χ1) is 11.2. The van der Waals surface area contributed by atoms with Crippen molar-refractivity contribution in [3.05, 3.63) is 46.6 Å². The van der Waals surface area contributed by atoms with Gasteiger partial charge in [0, 0.05) is 5.56 Å². The van der Waals surface area contributed by atoms with Crippen LogP contribution in [0, 0.1) is 15.9 Å². The molecule has 0 aliphatic rings. The molecule has 0 aliphatic carbocycles. The van der Waals surface area contributed by atoms with Crippen LogP contribution in [0.15, 0.2) is 30.6 Å². The Labute approximate surface area is 141 Å². The van der Waals surface area contributed by atoms with Crippen molar-refractivity contribution in [1.82, 2.24) is 14.7 Å². The standard InChI is InChI=1S/C13H11FN4O4S2/c1-24(20,21)18-11(19)10(15)7-4-2-3-5-8(7)22-12-9(14)13(23)17-6-16-12/h2-6,15H,1H3,(H,18,19)(H,16,17,23). The van der Waals surface area contributed by atoms with E-state index in [1.54, 1.807) is 4.72 Å². The molecule has 2 aromatic rings. The third kappa shape index (κ3) is 4.20. The topological polar surface area (TPSA) is 125 Å². The van der Waals surface area contributed by atoms with E-state index in [0.717, 1.165) is 12.6 Å². The number of carbonyl (C=O) groups excluding carboxylic acids is 1. The fourth-order valence-corrected chi connectivity index (χ4v) is 2.24. The number of benzene rings is 1. The predicted molar refractivity (Wildman–Crippen MR) is 85.7 cm³/mol. The third-order valence-corrected chi connectivity index (χ3v) is 3.48. The smallest absolute Gasteiger partial charge is 0.283 e. The number of sulfonamides is 1. The molecule has 126 valence electrons. The summed E-state index contributed by atoms with van der Waals surface area (Å²) in [5.41, 5.74) is -0.696. The van der Waals surface area contributed by atoms with Crippen molar-refractivity contribution in [1.29, 1.82) is 5.41 Å². The predicted octanol–water partition coefficient (Wildman–Crippen LogP) is 1.51. The van der Waals surface area contributed by atoms with Crippen LogP contribution < -0.4 is 9.46 Å². The Bertz CT molecular complexity index is 972. The Hall–Kier alpha value is -2.66. The molecule has 0 spiro atoms. The molecule has 0 atom stereocenters. The second-order valence-corrected chi connectivity index (χ2v) is 6.66. The second-order valence-electron chi connectivity index (χ2n) is 4.53. The van der Waals surface area contributed by atoms with Crippen molar-refractivity contribution in [2.24, 2.45) is 0 Å². The monoisotopic (exact) mass is 370 g/mol. The van der Waals surface area contributed by atoms with Gasteiger partial charge < -0.3 is 9.72 Å². The molecule has 0 saturated heterocycles. The quantitative estimate of drug-likeness (QED) is 0.541. The van der Waals surface area contributed by atoms with Gasteiger partial charge in [-0.1, -0.05) is 24.4 Å². The minimum Gasteiger partial charge on any atom is -0.437 e. The van der Waals surface area contributed by atoms with E-state index in [4.69, 9.17) is 10.1 Å². The molecule has 1 amide bonds. The van der Waals surface area contributed by atoms with E-state index in [2.05, 4.69) is 22.2 Å². The Balaban J connectivity index is 2.37. The summed E-state index contributed by atoms with van der Waals surface area (Å²) in [7, 11) is -3.83. The number of halogens is 1. The molecule has 2 rings (SSSR count). The molecular weight excluding hydrogens is 359 g/mol. The van der Waals surface area contributed by atoms with Gasteiger partial charge in [0.15, 0.2) is 4.64 Å². The van der Waals surface area contributed by atoms with Gasteiger partial charge in [-0.15, -0.1) is 0 Å². The Morgan fingerprint density at radius 2 is 2.08 bits per heavy atom. The van der Waals surface area contributed by atoms with Gasteiger partial charge in [-0.2, -0.15) is 4.39 Å². The number of carbonyl (C=O) groups is 1. The lowest BCUT2D eigenvalue weighted by molar-refractivity contribution is -0.113. The zero-order chi connectivity index (χ0) is 17.9. The average molecular weight is 370 g/mol. The summed E-state index contributed by atoms with van der Waals surface area (Å²) < 4.78 is 42.7. The summed E-state index contributed by atoms with van der Waals surface area (Å²) in [6, 6.07) is 5.78. The van der Waals surface area contributed by atoms with Crippen molar-refractivity contribution < 1.29 is 22.3 Å². The van der Waals surface area contributed by atoms with Gasteiger partial charge in [0.05, 0.1) is 12.6 Å². The van der Waals surface area contributed by atoms with Gasteiger partial charge in [0.25, 0.3) is 5.91 Å². The van der Waals surface area contributed by atoms with Gasteiger partial charge in [0.2, 0.25) is 21.7 Å². The third-order valence-electron chi connectivity index (χ3n) is 2.64. The van der Waals surface area contributed by atoms with Gasteiger partial charge in [0.1, 0.15) is 11.5 Å². The lowest BCUT2D eigenvalue weighted by Gasteiger charge is -2.11. The summed E-state index contributed by atoms with van der Waals surface area (Å²) >= 11 is 4.68. The number of H-pyrrole nitrogens is 1. The van der Waals surface area contributed by atoms with Crippen molar-refractivity contribution in [2.75, 3.05) is 6.26 Å². The number of ether oxygens (including phenoxy) is 1. The number of nitrogens with one attached hydrogen (secondary N) is 3. The minimum absolute atomic E-state index is 0.0332. The summed E-state index contributed by atoms with van der Waals surface area (Å²) in [6.07, 6.45) is 1.91. The molecule has 0 fully saturated rings. The largest absolute Gasteiger partial charge is 0.437 e. The van der Waals surface area contributed by atoms with Crippen LogP contribution >= 0.6 is 12.2 Å². The SMILES string of the molecule is CS(=O)(=O)NC(=O)C(=N)c1ccccc1Oc1[nH]cnc(=S)c1F. The number of rotatable bonds is 5. The highest BCUT2D eigenvalue weighted by atomic mass is 32.2. The average Bonchev–Trinajstić information content (AvgIpc) is 2.50. The molecule has 11 heteroatoms. The maximum atomic E-state index is 13.9. The van der Waals surface area contributed by atoms with Crippen LogP contribution in [0.25, 0.3) is 0 Å². The Morgan fingerprint density at radius 1 is 1.42 bits per heavy atom. The highest BCUT2D eigenvalue weighted by Crippen LogP contribution is 2.26. The molecule has 1 aromatic carbocycles. The number of nitrogens with zero attached hydrogens (tertiary/aromatic N) is 1. The van der Waals surface area contributed by atoms with E-state index in [1.807, 2.05) is 0 Å². The highest BCUT2D eigenvalue weighted by molar-refractivity contribution is 7.89. The molecule has 8 nitrogen and oxygen atoms in total. The van der Waals surface area contributed by atoms with E-state index in [-0.39, 0.29) is 21.8 Å². The van der Waals surface area contributed by atoms with Crippen LogP contribution in [-0.2, 0) is 14.8 Å². The number of hydrogen-bond donors (Lipinski definition) is 3. The normalized spacial score (nSPS) is 10.9. The lowest BCUT2D eigenvalue weighted by atomic mass is 10.1. The molecule has 1 aromatic heterocycles. The Kier molecular flexibility index (Phi) is 5.04. The van der Waals surface area contributed by atoms with Crippen molar-refractivity contribution in [3.8, 4) is 11.6 Å². The fourth-order valence-electron chi connectivity index (χ4n) is 1.65. The number of amides is 1. The van der Waals surface area contributed by atoms with Crippen LogP contribution in [0.3, 0.4) is 0 Å². The van der Waals surface area contributed by atoms with Gasteiger partial charge in [-0.25, -0.2) is 18.1 Å². The van der Waals surface area contributed by atoms with Crippen LogP contribution in [-0.4, -0.2) is 36.3 Å². The maximum Gasteiger partial charge on any atom is 0.283 e. The summed E-state index contributed by atoms with van der Waals surface area (Å²) in [6.45, 7) is 0. The van der Waals surface area contributed by atoms with Crippen LogP contribution in [0.2, 0.25) is 0 Å². The molecule has 24 heavy (non-hydrogen) atoms. The minimum atomic E-state index is -3.83. The van der Waals surface area contributed by atoms with Crippen LogP contribution in [0.1, 0.15) is 5.56 Å². The van der Waals surface area contributed by atoms with E-state index in [9.17, 15) is 17.6 Å². The fraction of sp³-hybridized carbons (Fsp3) is 0.0769. The molecule has 0 bridgehead atoms. The number of hydrogen-bond acceptors (Lipinski definition) is 7. The molecule has 1 heterocycles. The van der Waals surface area contributed by atoms with Gasteiger partial charge in [-0.3, -0.25) is 10.2 Å².